The minimum atomic E-state index is -0.611. The van der Waals surface area contributed by atoms with Crippen molar-refractivity contribution in [1.29, 1.82) is 0 Å². The summed E-state index contributed by atoms with van der Waals surface area (Å²) in [5.41, 5.74) is 37.5. The van der Waals surface area contributed by atoms with Crippen LogP contribution in [0.15, 0.2) is 194 Å². The van der Waals surface area contributed by atoms with Crippen molar-refractivity contribution in [2.45, 2.75) is 52.9 Å². The van der Waals surface area contributed by atoms with E-state index in [1.807, 2.05) is 0 Å². The highest BCUT2D eigenvalue weighted by molar-refractivity contribution is 7.03. The van der Waals surface area contributed by atoms with Gasteiger partial charge in [0.15, 0.2) is 0 Å². The zero-order chi connectivity index (χ0) is 47.6. The fourth-order valence-corrected chi connectivity index (χ4v) is 15.2. The molecule has 3 heteroatoms. The number of hydrogen-bond acceptors (Lipinski definition) is 1. The van der Waals surface area contributed by atoms with Crippen molar-refractivity contribution >= 4 is 63.3 Å². The number of hydrogen-bond donors (Lipinski definition) is 0. The van der Waals surface area contributed by atoms with Crippen molar-refractivity contribution in [2.24, 2.45) is 0 Å². The molecular formula is C68H51B2N. The normalized spacial score (nSPS) is 16.7. The van der Waals surface area contributed by atoms with Crippen LogP contribution < -0.4 is 37.7 Å². The minimum absolute atomic E-state index is 0.0393. The fourth-order valence-electron chi connectivity index (χ4n) is 15.2. The molecule has 16 rings (SSSR count). The predicted octanol–water partition coefficient (Wildman–Crippen LogP) is 12.2. The summed E-state index contributed by atoms with van der Waals surface area (Å²) in [5.74, 6) is 0.0659. The highest BCUT2D eigenvalue weighted by Gasteiger charge is 2.62. The van der Waals surface area contributed by atoms with E-state index in [2.05, 4.69) is 241 Å². The van der Waals surface area contributed by atoms with Crippen LogP contribution in [0.25, 0.3) is 33.4 Å². The lowest BCUT2D eigenvalue weighted by Crippen LogP contribution is -2.68. The molecule has 1 nitrogen and oxygen atoms in total. The average molecular weight is 904 g/mol. The van der Waals surface area contributed by atoms with Gasteiger partial charge in [-0.3, -0.25) is 0 Å². The molecule has 6 aliphatic rings. The Morgan fingerprint density at radius 3 is 1.27 bits per heavy atom. The van der Waals surface area contributed by atoms with Gasteiger partial charge in [0.25, 0.3) is 0 Å². The third-order valence-electron chi connectivity index (χ3n) is 17.4. The SMILES string of the molecule is Cc1cc(C)c(B2c3cc(-c4ccccc4)cc4c3N3c5c2cc(-c2ccccc2)cc5C25c6ccccc6C(c6ccccc62)c2c(-c6ccccc6)cc(c3c25)B4c2c(C)cc(C)cc2C)c(C)c1. The van der Waals surface area contributed by atoms with Crippen LogP contribution in [0.3, 0.4) is 0 Å². The Morgan fingerprint density at radius 2 is 0.775 bits per heavy atom. The van der Waals surface area contributed by atoms with Crippen LogP contribution in [0.1, 0.15) is 78.2 Å². The van der Waals surface area contributed by atoms with Gasteiger partial charge in [-0.25, -0.2) is 0 Å². The Bertz CT molecular complexity index is 3850. The van der Waals surface area contributed by atoms with E-state index in [0.29, 0.717) is 0 Å². The lowest BCUT2D eigenvalue weighted by molar-refractivity contribution is 0.625. The molecule has 334 valence electrons. The topological polar surface area (TPSA) is 3.24 Å². The molecule has 0 saturated carbocycles. The summed E-state index contributed by atoms with van der Waals surface area (Å²) >= 11 is 0. The van der Waals surface area contributed by atoms with E-state index in [1.165, 1.54) is 156 Å². The summed E-state index contributed by atoms with van der Waals surface area (Å²) in [6.45, 7) is 13.9. The van der Waals surface area contributed by atoms with Gasteiger partial charge in [-0.05, 0) is 142 Å². The molecule has 2 bridgehead atoms. The first-order valence-corrected chi connectivity index (χ1v) is 25.6. The standard InChI is InChI=1S/C68H51B2N/c1-39-30-41(3)63(42(4)31-39)69-56-35-48(45-20-10-7-11-21-45)34-55-65(56)71-66-57(69)36-49(46-22-12-8-13-23-46)37-58(66)70(64-43(5)32-40(2)33-44(64)6)59-38-52(47-24-14-9-15-25-47)61-60-50-26-16-18-28-53(50)68(55,62(61)67(59)71)54-29-19-17-27-51(54)60/h7-38,60H,1-6H3. The molecule has 0 fully saturated rings. The van der Waals surface area contributed by atoms with E-state index in [4.69, 9.17) is 0 Å². The summed E-state index contributed by atoms with van der Waals surface area (Å²) < 4.78 is 0. The van der Waals surface area contributed by atoms with Gasteiger partial charge in [0.05, 0.1) is 5.41 Å². The van der Waals surface area contributed by atoms with Crippen LogP contribution in [-0.2, 0) is 5.41 Å². The molecule has 0 atom stereocenters. The second kappa shape index (κ2) is 14.6. The van der Waals surface area contributed by atoms with Crippen molar-refractivity contribution < 1.29 is 0 Å². The number of anilines is 3. The van der Waals surface area contributed by atoms with Gasteiger partial charge in [-0.15, -0.1) is 0 Å². The molecule has 3 aliphatic carbocycles. The first-order chi connectivity index (χ1) is 34.7. The van der Waals surface area contributed by atoms with E-state index >= 15 is 0 Å². The number of rotatable bonds is 5. The second-order valence-corrected chi connectivity index (χ2v) is 21.4. The van der Waals surface area contributed by atoms with E-state index in [1.54, 1.807) is 0 Å². The number of aryl methyl sites for hydroxylation is 6. The predicted molar refractivity (Wildman–Crippen MR) is 301 cm³/mol. The van der Waals surface area contributed by atoms with Gasteiger partial charge >= 0.3 is 0 Å². The van der Waals surface area contributed by atoms with Gasteiger partial charge in [-0.2, -0.15) is 0 Å². The molecule has 3 heterocycles. The van der Waals surface area contributed by atoms with Crippen molar-refractivity contribution in [3.63, 3.8) is 0 Å². The van der Waals surface area contributed by atoms with Crippen molar-refractivity contribution in [3.8, 4) is 33.4 Å². The number of nitrogens with zero attached hydrogens (tertiary/aromatic N) is 1. The Morgan fingerprint density at radius 1 is 0.366 bits per heavy atom. The van der Waals surface area contributed by atoms with E-state index < -0.39 is 5.41 Å². The summed E-state index contributed by atoms with van der Waals surface area (Å²) in [6.07, 6.45) is 0. The lowest BCUT2D eigenvalue weighted by atomic mass is 9.28. The molecule has 0 saturated heterocycles. The zero-order valence-corrected chi connectivity index (χ0v) is 41.2. The Labute approximate surface area is 418 Å². The molecule has 10 aromatic carbocycles. The lowest BCUT2D eigenvalue weighted by Gasteiger charge is -2.59. The van der Waals surface area contributed by atoms with Gasteiger partial charge < -0.3 is 4.90 Å². The molecular weight excluding hydrogens is 852 g/mol. The summed E-state index contributed by atoms with van der Waals surface area (Å²) in [7, 11) is 0. The highest BCUT2D eigenvalue weighted by atomic mass is 15.2. The average Bonchev–Trinajstić information content (AvgIpc) is 3.40. The molecule has 0 aromatic heterocycles. The minimum Gasteiger partial charge on any atom is -0.312 e. The number of benzene rings is 10. The van der Waals surface area contributed by atoms with Crippen LogP contribution in [0.4, 0.5) is 17.1 Å². The zero-order valence-electron chi connectivity index (χ0n) is 41.2. The van der Waals surface area contributed by atoms with Crippen LogP contribution in [0, 0.1) is 41.5 Å². The first-order valence-electron chi connectivity index (χ1n) is 25.6. The van der Waals surface area contributed by atoms with E-state index in [9.17, 15) is 0 Å². The maximum atomic E-state index is 2.84. The molecule has 10 aromatic rings. The Hall–Kier alpha value is -7.87. The summed E-state index contributed by atoms with van der Waals surface area (Å²) in [6, 6.07) is 75.6. The fraction of sp³-hybridized carbons (Fsp3) is 0.118. The monoisotopic (exact) mass is 903 g/mol. The van der Waals surface area contributed by atoms with Gasteiger partial charge in [0, 0.05) is 23.0 Å². The van der Waals surface area contributed by atoms with Crippen LogP contribution >= 0.6 is 0 Å². The Balaban J connectivity index is 1.22. The first kappa shape index (κ1) is 41.0. The molecule has 0 unspecified atom stereocenters. The highest BCUT2D eigenvalue weighted by Crippen LogP contribution is 2.69. The van der Waals surface area contributed by atoms with Crippen LogP contribution in [-0.4, -0.2) is 13.4 Å². The van der Waals surface area contributed by atoms with Crippen molar-refractivity contribution in [1.82, 2.24) is 0 Å². The van der Waals surface area contributed by atoms with Gasteiger partial charge in [0.1, 0.15) is 0 Å². The van der Waals surface area contributed by atoms with Gasteiger partial charge in [-0.1, -0.05) is 232 Å². The summed E-state index contributed by atoms with van der Waals surface area (Å²) in [5, 5.41) is 0. The quantitative estimate of drug-likeness (QED) is 0.156. The van der Waals surface area contributed by atoms with Crippen molar-refractivity contribution in [3.05, 3.63) is 266 Å². The van der Waals surface area contributed by atoms with Crippen LogP contribution in [0.2, 0.25) is 0 Å². The molecule has 0 N–H and O–H groups in total. The van der Waals surface area contributed by atoms with E-state index in [0.717, 1.165) is 0 Å². The van der Waals surface area contributed by atoms with Crippen LogP contribution in [0.5, 0.6) is 0 Å². The maximum Gasteiger partial charge on any atom is 0.247 e. The molecule has 3 aliphatic heterocycles. The third-order valence-corrected chi connectivity index (χ3v) is 17.4. The molecule has 0 amide bonds. The smallest absolute Gasteiger partial charge is 0.247 e. The van der Waals surface area contributed by atoms with E-state index in [-0.39, 0.29) is 19.3 Å². The summed E-state index contributed by atoms with van der Waals surface area (Å²) in [4.78, 5) is 2.84. The Kier molecular flexibility index (Phi) is 8.42. The molecule has 71 heavy (non-hydrogen) atoms. The second-order valence-electron chi connectivity index (χ2n) is 21.4. The van der Waals surface area contributed by atoms with Gasteiger partial charge in [0.2, 0.25) is 13.4 Å². The molecule has 0 radical (unpaired) electrons. The van der Waals surface area contributed by atoms with Crippen molar-refractivity contribution in [2.75, 3.05) is 4.90 Å². The molecule has 1 spiro atoms. The third kappa shape index (κ3) is 5.29. The largest absolute Gasteiger partial charge is 0.312 e. The maximum absolute atomic E-state index is 2.84.